The van der Waals surface area contributed by atoms with Crippen LogP contribution in [0.25, 0.3) is 11.0 Å². The third kappa shape index (κ3) is 4.74. The highest BCUT2D eigenvalue weighted by atomic mass is 35.5. The number of aromatic nitrogens is 4. The number of H-pyrrole nitrogens is 1. The van der Waals surface area contributed by atoms with E-state index in [2.05, 4.69) is 19.9 Å². The zero-order valence-corrected chi connectivity index (χ0v) is 17.4. The molecule has 0 saturated carbocycles. The lowest BCUT2D eigenvalue weighted by atomic mass is 10.3. The van der Waals surface area contributed by atoms with Gasteiger partial charge in [0.05, 0.1) is 19.8 Å². The molecular weight excluding hydrogens is 402 g/mol. The predicted octanol–water partition coefficient (Wildman–Crippen LogP) is -0.256. The molecule has 1 N–H and O–H groups in total. The number of rotatable bonds is 8. The summed E-state index contributed by atoms with van der Waals surface area (Å²) in [6.45, 7) is 3.12. The summed E-state index contributed by atoms with van der Waals surface area (Å²) in [6, 6.07) is 0. The number of ether oxygens (including phenoxy) is 2. The summed E-state index contributed by atoms with van der Waals surface area (Å²) in [5.41, 5.74) is -0.0947. The van der Waals surface area contributed by atoms with Crippen LogP contribution in [0.3, 0.4) is 0 Å². The Kier molecular flexibility index (Phi) is 6.83. The first-order chi connectivity index (χ1) is 13.9. The third-order valence-electron chi connectivity index (χ3n) is 4.67. The second-order valence-corrected chi connectivity index (χ2v) is 6.97. The standard InChI is InChI=1S/C17H24ClN7O4/c1-23-4-5-25(10-11(23)26)14-12-13(15(27)22-16(18)19-12)20-17(21-14)24(6-8-28-2)7-9-29-3/h4-10H2,1-3H3,(H,19,22,27). The maximum atomic E-state index is 12.5. The molecule has 0 aliphatic carbocycles. The lowest BCUT2D eigenvalue weighted by molar-refractivity contribution is -0.129. The van der Waals surface area contributed by atoms with Crippen LogP contribution in [0.15, 0.2) is 4.79 Å². The van der Waals surface area contributed by atoms with Crippen molar-refractivity contribution in [2.75, 3.05) is 77.0 Å². The molecule has 3 rings (SSSR count). The number of carbonyl (C=O) groups excluding carboxylic acids is 1. The largest absolute Gasteiger partial charge is 0.383 e. The fraction of sp³-hybridized carbons (Fsp3) is 0.588. The molecule has 1 saturated heterocycles. The Hall–Kier alpha value is -2.50. The molecule has 2 aromatic heterocycles. The zero-order chi connectivity index (χ0) is 21.0. The first-order valence-corrected chi connectivity index (χ1v) is 9.51. The Labute approximate surface area is 172 Å². The molecule has 0 bridgehead atoms. The summed E-state index contributed by atoms with van der Waals surface area (Å²) in [5, 5.41) is -0.0591. The van der Waals surface area contributed by atoms with Gasteiger partial charge in [-0.25, -0.2) is 9.97 Å². The van der Waals surface area contributed by atoms with Gasteiger partial charge in [0.1, 0.15) is 5.52 Å². The van der Waals surface area contributed by atoms with Crippen molar-refractivity contribution in [2.45, 2.75) is 0 Å². The molecule has 1 amide bonds. The number of nitrogens with zero attached hydrogens (tertiary/aromatic N) is 6. The highest BCUT2D eigenvalue weighted by Gasteiger charge is 2.26. The second kappa shape index (κ2) is 9.33. The molecule has 29 heavy (non-hydrogen) atoms. The fourth-order valence-corrected chi connectivity index (χ4v) is 3.16. The summed E-state index contributed by atoms with van der Waals surface area (Å²) >= 11 is 5.97. The SMILES string of the molecule is COCCN(CCOC)c1nc(N2CCN(C)C(=O)C2)c2nc(Cl)[nH]c(=O)c2n1. The maximum Gasteiger partial charge on any atom is 0.278 e. The molecule has 0 aromatic carbocycles. The van der Waals surface area contributed by atoms with Gasteiger partial charge in [-0.05, 0) is 11.6 Å². The number of amides is 1. The van der Waals surface area contributed by atoms with Crippen molar-refractivity contribution < 1.29 is 14.3 Å². The highest BCUT2D eigenvalue weighted by molar-refractivity contribution is 6.28. The molecule has 2 aromatic rings. The molecule has 11 nitrogen and oxygen atoms in total. The molecule has 1 aliphatic rings. The van der Waals surface area contributed by atoms with E-state index >= 15 is 0 Å². The van der Waals surface area contributed by atoms with Crippen LogP contribution in [0.4, 0.5) is 11.8 Å². The van der Waals surface area contributed by atoms with Crippen molar-refractivity contribution >= 4 is 40.3 Å². The van der Waals surface area contributed by atoms with E-state index in [1.807, 2.05) is 4.90 Å². The van der Waals surface area contributed by atoms with Crippen LogP contribution in [-0.2, 0) is 14.3 Å². The number of nitrogens with one attached hydrogen (secondary N) is 1. The third-order valence-corrected chi connectivity index (χ3v) is 4.84. The van der Waals surface area contributed by atoms with Crippen LogP contribution >= 0.6 is 11.6 Å². The van der Waals surface area contributed by atoms with E-state index in [0.717, 1.165) is 0 Å². The van der Waals surface area contributed by atoms with Gasteiger partial charge >= 0.3 is 0 Å². The Morgan fingerprint density at radius 3 is 2.38 bits per heavy atom. The van der Waals surface area contributed by atoms with Crippen molar-refractivity contribution in [1.29, 1.82) is 0 Å². The van der Waals surface area contributed by atoms with Gasteiger partial charge in [0.2, 0.25) is 17.1 Å². The van der Waals surface area contributed by atoms with E-state index < -0.39 is 5.56 Å². The lowest BCUT2D eigenvalue weighted by Gasteiger charge is -2.33. The van der Waals surface area contributed by atoms with Gasteiger partial charge in [0.25, 0.3) is 5.56 Å². The molecule has 1 aliphatic heterocycles. The second-order valence-electron chi connectivity index (χ2n) is 6.61. The number of halogens is 1. The summed E-state index contributed by atoms with van der Waals surface area (Å²) < 4.78 is 10.4. The number of piperazine rings is 1. The van der Waals surface area contributed by atoms with E-state index in [9.17, 15) is 9.59 Å². The van der Waals surface area contributed by atoms with Gasteiger partial charge in [-0.2, -0.15) is 4.98 Å². The quantitative estimate of drug-likeness (QED) is 0.571. The van der Waals surface area contributed by atoms with Crippen LogP contribution in [-0.4, -0.2) is 97.9 Å². The van der Waals surface area contributed by atoms with E-state index in [0.29, 0.717) is 51.2 Å². The maximum absolute atomic E-state index is 12.5. The Morgan fingerprint density at radius 2 is 1.76 bits per heavy atom. The topological polar surface area (TPSA) is 117 Å². The van der Waals surface area contributed by atoms with E-state index in [1.165, 1.54) is 0 Å². The number of aromatic amines is 1. The number of methoxy groups -OCH3 is 2. The van der Waals surface area contributed by atoms with Crippen LogP contribution in [0.5, 0.6) is 0 Å². The van der Waals surface area contributed by atoms with Gasteiger partial charge in [-0.15, -0.1) is 0 Å². The number of anilines is 2. The summed E-state index contributed by atoms with van der Waals surface area (Å²) in [5.74, 6) is 0.693. The zero-order valence-electron chi connectivity index (χ0n) is 16.6. The lowest BCUT2D eigenvalue weighted by Crippen LogP contribution is -2.49. The average molecular weight is 426 g/mol. The van der Waals surface area contributed by atoms with E-state index in [1.54, 1.807) is 31.1 Å². The molecule has 158 valence electrons. The fourth-order valence-electron chi connectivity index (χ4n) is 2.99. The molecule has 12 heteroatoms. The van der Waals surface area contributed by atoms with Crippen molar-refractivity contribution in [2.24, 2.45) is 0 Å². The van der Waals surface area contributed by atoms with Crippen LogP contribution in [0.2, 0.25) is 5.28 Å². The van der Waals surface area contributed by atoms with Crippen molar-refractivity contribution in [3.05, 3.63) is 15.6 Å². The predicted molar refractivity (Wildman–Crippen MR) is 109 cm³/mol. The molecule has 0 atom stereocenters. The highest BCUT2D eigenvalue weighted by Crippen LogP contribution is 2.25. The summed E-state index contributed by atoms with van der Waals surface area (Å²) in [7, 11) is 4.96. The Bertz CT molecular complexity index is 930. The monoisotopic (exact) mass is 425 g/mol. The van der Waals surface area contributed by atoms with Gasteiger partial charge in [0.15, 0.2) is 11.3 Å². The molecule has 0 unspecified atom stereocenters. The average Bonchev–Trinajstić information content (AvgIpc) is 2.70. The van der Waals surface area contributed by atoms with Crippen LogP contribution < -0.4 is 15.4 Å². The van der Waals surface area contributed by atoms with Crippen molar-refractivity contribution in [1.82, 2.24) is 24.8 Å². The Balaban J connectivity index is 2.11. The molecule has 1 fully saturated rings. The number of likely N-dealkylation sites (N-methyl/N-ethyl adjacent to an activating group) is 1. The van der Waals surface area contributed by atoms with E-state index in [-0.39, 0.29) is 28.8 Å². The minimum atomic E-state index is -0.469. The number of hydrogen-bond acceptors (Lipinski definition) is 9. The number of hydrogen-bond donors (Lipinski definition) is 1. The molecule has 0 radical (unpaired) electrons. The normalized spacial score (nSPS) is 14.7. The van der Waals surface area contributed by atoms with Crippen molar-refractivity contribution in [3.63, 3.8) is 0 Å². The molecular formula is C17H24ClN7O4. The number of fused-ring (bicyclic) bond motifs is 1. The number of carbonyl (C=O) groups is 1. The first kappa shape index (κ1) is 21.2. The molecule has 0 spiro atoms. The summed E-state index contributed by atoms with van der Waals surface area (Å²) in [6.07, 6.45) is 0. The van der Waals surface area contributed by atoms with Gasteiger partial charge < -0.3 is 24.2 Å². The van der Waals surface area contributed by atoms with Gasteiger partial charge in [0, 0.05) is 47.4 Å². The van der Waals surface area contributed by atoms with Gasteiger partial charge in [-0.3, -0.25) is 14.6 Å². The van der Waals surface area contributed by atoms with E-state index in [4.69, 9.17) is 21.1 Å². The van der Waals surface area contributed by atoms with Gasteiger partial charge in [-0.1, -0.05) is 0 Å². The smallest absolute Gasteiger partial charge is 0.278 e. The first-order valence-electron chi connectivity index (χ1n) is 9.14. The Morgan fingerprint density at radius 1 is 1.07 bits per heavy atom. The summed E-state index contributed by atoms with van der Waals surface area (Å²) in [4.78, 5) is 45.8. The molecule has 3 heterocycles. The van der Waals surface area contributed by atoms with Crippen molar-refractivity contribution in [3.8, 4) is 0 Å². The minimum Gasteiger partial charge on any atom is -0.383 e. The van der Waals surface area contributed by atoms with Crippen LogP contribution in [0, 0.1) is 0 Å². The van der Waals surface area contributed by atoms with Crippen LogP contribution in [0.1, 0.15) is 0 Å². The minimum absolute atomic E-state index is 0.0453.